The summed E-state index contributed by atoms with van der Waals surface area (Å²) in [6.45, 7) is 3.01. The van der Waals surface area contributed by atoms with Crippen LogP contribution in [0.1, 0.15) is 30.6 Å². The Balaban J connectivity index is 3.01. The predicted molar refractivity (Wildman–Crippen MR) is 83.4 cm³/mol. The van der Waals surface area contributed by atoms with Gasteiger partial charge in [-0.15, -0.1) is 0 Å². The van der Waals surface area contributed by atoms with Crippen LogP contribution in [0.15, 0.2) is 24.3 Å². The smallest absolute Gasteiger partial charge is 0.328 e. The molecule has 0 saturated carbocycles. The molecule has 0 aliphatic heterocycles. The number of nitrogens with one attached hydrogen (secondary N) is 2. The van der Waals surface area contributed by atoms with Gasteiger partial charge >= 0.3 is 5.97 Å². The van der Waals surface area contributed by atoms with Gasteiger partial charge in [-0.3, -0.25) is 9.59 Å². The Morgan fingerprint density at radius 3 is 2.52 bits per heavy atom. The number of nitrogens with zero attached hydrogens (tertiary/aromatic N) is 1. The average Bonchev–Trinajstić information content (AvgIpc) is 2.51. The summed E-state index contributed by atoms with van der Waals surface area (Å²) < 4.78 is 4.68. The molecule has 1 aromatic carbocycles. The van der Waals surface area contributed by atoms with Crippen LogP contribution in [0.5, 0.6) is 0 Å². The molecule has 0 heterocycles. The van der Waals surface area contributed by atoms with Gasteiger partial charge in [0, 0.05) is 19.3 Å². The molecular formula is C16H19N3O4. The maximum absolute atomic E-state index is 12.4. The Labute approximate surface area is 134 Å². The Bertz CT molecular complexity index is 636. The van der Waals surface area contributed by atoms with Crippen molar-refractivity contribution in [3.63, 3.8) is 0 Å². The van der Waals surface area contributed by atoms with Gasteiger partial charge in [0.2, 0.25) is 5.91 Å². The molecule has 2 atom stereocenters. The van der Waals surface area contributed by atoms with Crippen molar-refractivity contribution in [3.8, 4) is 6.07 Å². The van der Waals surface area contributed by atoms with Crippen LogP contribution in [0.2, 0.25) is 0 Å². The highest BCUT2D eigenvalue weighted by atomic mass is 16.5. The van der Waals surface area contributed by atoms with E-state index >= 15 is 0 Å². The molecule has 122 valence electrons. The number of benzene rings is 1. The summed E-state index contributed by atoms with van der Waals surface area (Å²) in [5.41, 5.74) is 0.565. The lowest BCUT2D eigenvalue weighted by Gasteiger charge is -2.21. The lowest BCUT2D eigenvalue weighted by atomic mass is 9.98. The fourth-order valence-electron chi connectivity index (χ4n) is 2.02. The van der Waals surface area contributed by atoms with Gasteiger partial charge in [0.1, 0.15) is 6.04 Å². The summed E-state index contributed by atoms with van der Waals surface area (Å²) in [5, 5.41) is 13.9. The molecule has 2 amide bonds. The normalized spacial score (nSPS) is 12.4. The predicted octanol–water partition coefficient (Wildman–Crippen LogP) is 1.47. The zero-order valence-corrected chi connectivity index (χ0v) is 13.3. The Kier molecular flexibility index (Phi) is 6.74. The summed E-state index contributed by atoms with van der Waals surface area (Å²) in [6.07, 6.45) is 0.0907. The number of hydrogen-bond acceptors (Lipinski definition) is 5. The highest BCUT2D eigenvalue weighted by molar-refractivity contribution is 6.04. The fourth-order valence-corrected chi connectivity index (χ4v) is 2.02. The topological polar surface area (TPSA) is 108 Å². The number of para-hydroxylation sites is 1. The maximum atomic E-state index is 12.4. The van der Waals surface area contributed by atoms with Gasteiger partial charge < -0.3 is 15.4 Å². The number of rotatable bonds is 6. The SMILES string of the molecule is COC(=O)[C@@H](NC(=O)c1ccccc1NC(C)=O)[C@@H](C)CC#N. The van der Waals surface area contributed by atoms with Crippen LogP contribution in [-0.2, 0) is 14.3 Å². The standard InChI is InChI=1S/C16H19N3O4/c1-10(8-9-17)14(16(22)23-3)19-15(21)12-6-4-5-7-13(12)18-11(2)20/h4-7,10,14H,8H2,1-3H3,(H,18,20)(H,19,21)/t10-,14-/m0/s1. The van der Waals surface area contributed by atoms with Crippen LogP contribution in [0.4, 0.5) is 5.69 Å². The zero-order valence-electron chi connectivity index (χ0n) is 13.3. The van der Waals surface area contributed by atoms with Crippen molar-refractivity contribution in [2.75, 3.05) is 12.4 Å². The van der Waals surface area contributed by atoms with Crippen LogP contribution in [0.25, 0.3) is 0 Å². The number of nitriles is 1. The van der Waals surface area contributed by atoms with Crippen molar-refractivity contribution in [1.29, 1.82) is 5.26 Å². The first-order valence-electron chi connectivity index (χ1n) is 7.03. The Hall–Kier alpha value is -2.88. The van der Waals surface area contributed by atoms with E-state index in [9.17, 15) is 14.4 Å². The van der Waals surface area contributed by atoms with Crippen LogP contribution in [0, 0.1) is 17.2 Å². The molecule has 7 nitrogen and oxygen atoms in total. The van der Waals surface area contributed by atoms with E-state index in [0.717, 1.165) is 0 Å². The monoisotopic (exact) mass is 317 g/mol. The molecule has 0 radical (unpaired) electrons. The molecule has 0 bridgehead atoms. The Morgan fingerprint density at radius 2 is 1.96 bits per heavy atom. The first kappa shape index (κ1) is 18.2. The number of amides is 2. The molecule has 0 aromatic heterocycles. The lowest BCUT2D eigenvalue weighted by Crippen LogP contribution is -2.45. The van der Waals surface area contributed by atoms with Gasteiger partial charge in [0.15, 0.2) is 0 Å². The third-order valence-electron chi connectivity index (χ3n) is 3.21. The van der Waals surface area contributed by atoms with E-state index < -0.39 is 23.8 Å². The second-order valence-corrected chi connectivity index (χ2v) is 5.04. The van der Waals surface area contributed by atoms with Crippen molar-refractivity contribution >= 4 is 23.5 Å². The molecule has 23 heavy (non-hydrogen) atoms. The van der Waals surface area contributed by atoms with Crippen LogP contribution in [0.3, 0.4) is 0 Å². The van der Waals surface area contributed by atoms with Gasteiger partial charge in [-0.05, 0) is 12.1 Å². The van der Waals surface area contributed by atoms with E-state index in [-0.39, 0.29) is 17.9 Å². The first-order valence-corrected chi connectivity index (χ1v) is 7.03. The molecule has 1 rings (SSSR count). The van der Waals surface area contributed by atoms with Crippen molar-refractivity contribution in [1.82, 2.24) is 5.32 Å². The molecule has 0 fully saturated rings. The molecule has 0 unspecified atom stereocenters. The second kappa shape index (κ2) is 8.54. The number of carbonyl (C=O) groups is 3. The third-order valence-corrected chi connectivity index (χ3v) is 3.21. The number of anilines is 1. The first-order chi connectivity index (χ1) is 10.9. The minimum Gasteiger partial charge on any atom is -0.467 e. The molecule has 2 N–H and O–H groups in total. The molecule has 7 heteroatoms. The van der Waals surface area contributed by atoms with Crippen molar-refractivity contribution < 1.29 is 19.1 Å². The number of esters is 1. The molecule has 0 aliphatic rings. The summed E-state index contributed by atoms with van der Waals surface area (Å²) in [4.78, 5) is 35.5. The van der Waals surface area contributed by atoms with Gasteiger partial charge in [0.05, 0.1) is 24.4 Å². The highest BCUT2D eigenvalue weighted by Crippen LogP contribution is 2.17. The summed E-state index contributed by atoms with van der Waals surface area (Å²) >= 11 is 0. The van der Waals surface area contributed by atoms with Crippen LogP contribution >= 0.6 is 0 Å². The summed E-state index contributed by atoms with van der Waals surface area (Å²) in [6, 6.07) is 7.46. The molecule has 0 spiro atoms. The molecule has 0 saturated heterocycles. The minimum atomic E-state index is -0.947. The van der Waals surface area contributed by atoms with Gasteiger partial charge in [-0.2, -0.15) is 5.26 Å². The van der Waals surface area contributed by atoms with E-state index in [1.54, 1.807) is 25.1 Å². The highest BCUT2D eigenvalue weighted by Gasteiger charge is 2.28. The van der Waals surface area contributed by atoms with E-state index in [1.807, 2.05) is 6.07 Å². The number of methoxy groups -OCH3 is 1. The Morgan fingerprint density at radius 1 is 1.30 bits per heavy atom. The number of ether oxygens (including phenoxy) is 1. The lowest BCUT2D eigenvalue weighted by molar-refractivity contribution is -0.144. The molecular weight excluding hydrogens is 298 g/mol. The van der Waals surface area contributed by atoms with Gasteiger partial charge in [0.25, 0.3) is 5.91 Å². The second-order valence-electron chi connectivity index (χ2n) is 5.04. The summed E-state index contributed by atoms with van der Waals surface area (Å²) in [7, 11) is 1.21. The van der Waals surface area contributed by atoms with Gasteiger partial charge in [-0.25, -0.2) is 4.79 Å². The van der Waals surface area contributed by atoms with Crippen molar-refractivity contribution in [3.05, 3.63) is 29.8 Å². The molecule has 1 aromatic rings. The van der Waals surface area contributed by atoms with Crippen molar-refractivity contribution in [2.45, 2.75) is 26.3 Å². The van der Waals surface area contributed by atoms with Crippen LogP contribution in [-0.4, -0.2) is 30.9 Å². The van der Waals surface area contributed by atoms with Crippen molar-refractivity contribution in [2.24, 2.45) is 5.92 Å². The minimum absolute atomic E-state index is 0.0907. The third kappa shape index (κ3) is 5.11. The zero-order chi connectivity index (χ0) is 17.4. The average molecular weight is 317 g/mol. The number of hydrogen-bond donors (Lipinski definition) is 2. The quantitative estimate of drug-likeness (QED) is 0.772. The molecule has 0 aliphatic carbocycles. The van der Waals surface area contributed by atoms with E-state index in [1.165, 1.54) is 20.1 Å². The van der Waals surface area contributed by atoms with E-state index in [2.05, 4.69) is 15.4 Å². The maximum Gasteiger partial charge on any atom is 0.328 e. The van der Waals surface area contributed by atoms with E-state index in [4.69, 9.17) is 5.26 Å². The fraction of sp³-hybridized carbons (Fsp3) is 0.375. The van der Waals surface area contributed by atoms with Gasteiger partial charge in [-0.1, -0.05) is 19.1 Å². The van der Waals surface area contributed by atoms with Crippen LogP contribution < -0.4 is 10.6 Å². The number of carbonyl (C=O) groups excluding carboxylic acids is 3. The van der Waals surface area contributed by atoms with E-state index in [0.29, 0.717) is 5.69 Å². The summed E-state index contributed by atoms with van der Waals surface area (Å²) in [5.74, 6) is -1.88. The largest absolute Gasteiger partial charge is 0.467 e.